The zero-order valence-corrected chi connectivity index (χ0v) is 9.65. The second kappa shape index (κ2) is 5.75. The van der Waals surface area contributed by atoms with E-state index in [9.17, 15) is 0 Å². The molecule has 1 fully saturated rings. The lowest BCUT2D eigenvalue weighted by Gasteiger charge is -2.07. The number of benzene rings is 1. The third-order valence-corrected chi connectivity index (χ3v) is 2.43. The Labute approximate surface area is 96.3 Å². The van der Waals surface area contributed by atoms with Crippen LogP contribution in [0.5, 0.6) is 11.5 Å². The van der Waals surface area contributed by atoms with E-state index in [1.807, 2.05) is 24.3 Å². The number of hydrogen-bond donors (Lipinski definition) is 0. The van der Waals surface area contributed by atoms with Crippen molar-refractivity contribution < 1.29 is 14.2 Å². The smallest absolute Gasteiger partial charge is 0.119 e. The fourth-order valence-corrected chi connectivity index (χ4v) is 1.32. The van der Waals surface area contributed by atoms with Crippen molar-refractivity contribution in [3.63, 3.8) is 0 Å². The first-order valence-corrected chi connectivity index (χ1v) is 5.85. The molecule has 3 heteroatoms. The van der Waals surface area contributed by atoms with Crippen LogP contribution in [0.15, 0.2) is 24.3 Å². The predicted octanol–water partition coefficient (Wildman–Crippen LogP) is 2.64. The van der Waals surface area contributed by atoms with Crippen molar-refractivity contribution in [2.24, 2.45) is 0 Å². The predicted molar refractivity (Wildman–Crippen MR) is 62.1 cm³/mol. The van der Waals surface area contributed by atoms with Gasteiger partial charge in [0.05, 0.1) is 13.2 Å². The fraction of sp³-hybridized carbons (Fsp3) is 0.538. The van der Waals surface area contributed by atoms with Crippen molar-refractivity contribution in [2.75, 3.05) is 19.8 Å². The molecule has 0 N–H and O–H groups in total. The third-order valence-electron chi connectivity index (χ3n) is 2.43. The van der Waals surface area contributed by atoms with Crippen molar-refractivity contribution in [2.45, 2.75) is 25.9 Å². The first-order chi connectivity index (χ1) is 7.88. The van der Waals surface area contributed by atoms with Crippen LogP contribution in [0.2, 0.25) is 0 Å². The van der Waals surface area contributed by atoms with Crippen LogP contribution >= 0.6 is 0 Å². The number of hydrogen-bond acceptors (Lipinski definition) is 3. The van der Waals surface area contributed by atoms with Gasteiger partial charge in [-0.15, -0.1) is 0 Å². The minimum atomic E-state index is 0.306. The summed E-state index contributed by atoms with van der Waals surface area (Å²) in [6.07, 6.45) is 2.56. The van der Waals surface area contributed by atoms with Crippen LogP contribution < -0.4 is 9.47 Å². The van der Waals surface area contributed by atoms with E-state index in [0.717, 1.165) is 37.6 Å². The number of epoxide rings is 1. The highest BCUT2D eigenvalue weighted by molar-refractivity contribution is 5.31. The number of ether oxygens (including phenoxy) is 3. The van der Waals surface area contributed by atoms with E-state index in [0.29, 0.717) is 12.7 Å². The number of unbranched alkanes of at least 4 members (excludes halogenated alkanes) is 1. The molecule has 1 heterocycles. The maximum absolute atomic E-state index is 5.56. The summed E-state index contributed by atoms with van der Waals surface area (Å²) >= 11 is 0. The molecular formula is C13H18O3. The zero-order valence-electron chi connectivity index (χ0n) is 9.65. The van der Waals surface area contributed by atoms with E-state index < -0.39 is 0 Å². The van der Waals surface area contributed by atoms with E-state index in [2.05, 4.69) is 6.92 Å². The van der Waals surface area contributed by atoms with Crippen molar-refractivity contribution in [1.29, 1.82) is 0 Å². The largest absolute Gasteiger partial charge is 0.494 e. The molecular weight excluding hydrogens is 204 g/mol. The molecule has 0 amide bonds. The highest BCUT2D eigenvalue weighted by Crippen LogP contribution is 2.19. The quantitative estimate of drug-likeness (QED) is 0.525. The second-order valence-electron chi connectivity index (χ2n) is 3.94. The molecule has 1 saturated heterocycles. The summed E-state index contributed by atoms with van der Waals surface area (Å²) in [5.74, 6) is 1.78. The lowest BCUT2D eigenvalue weighted by atomic mass is 10.3. The zero-order chi connectivity index (χ0) is 11.2. The van der Waals surface area contributed by atoms with Gasteiger partial charge in [0.2, 0.25) is 0 Å². The SMILES string of the molecule is CCCCOc1ccc(OCC2CO2)cc1. The minimum absolute atomic E-state index is 0.306. The Morgan fingerprint density at radius 2 is 1.81 bits per heavy atom. The van der Waals surface area contributed by atoms with Crippen LogP contribution in [0, 0.1) is 0 Å². The second-order valence-corrected chi connectivity index (χ2v) is 3.94. The summed E-state index contributed by atoms with van der Waals surface area (Å²) in [6, 6.07) is 7.75. The Morgan fingerprint density at radius 3 is 2.38 bits per heavy atom. The third kappa shape index (κ3) is 3.74. The van der Waals surface area contributed by atoms with Gasteiger partial charge in [0, 0.05) is 0 Å². The van der Waals surface area contributed by atoms with Crippen molar-refractivity contribution in [3.05, 3.63) is 24.3 Å². The maximum Gasteiger partial charge on any atom is 0.119 e. The molecule has 0 spiro atoms. The molecule has 0 bridgehead atoms. The summed E-state index contributed by atoms with van der Waals surface area (Å²) in [4.78, 5) is 0. The van der Waals surface area contributed by atoms with Gasteiger partial charge in [0.25, 0.3) is 0 Å². The van der Waals surface area contributed by atoms with Crippen LogP contribution in [-0.2, 0) is 4.74 Å². The average Bonchev–Trinajstić information content (AvgIpc) is 3.12. The summed E-state index contributed by atoms with van der Waals surface area (Å²) in [5.41, 5.74) is 0. The van der Waals surface area contributed by atoms with Gasteiger partial charge in [-0.25, -0.2) is 0 Å². The standard InChI is InChI=1S/C13H18O3/c1-2-3-8-14-11-4-6-12(7-5-11)15-9-13-10-16-13/h4-7,13H,2-3,8-10H2,1H3. The van der Waals surface area contributed by atoms with Gasteiger partial charge in [0.1, 0.15) is 24.2 Å². The maximum atomic E-state index is 5.56. The van der Waals surface area contributed by atoms with Gasteiger partial charge in [-0.05, 0) is 30.7 Å². The van der Waals surface area contributed by atoms with Crippen molar-refractivity contribution in [3.8, 4) is 11.5 Å². The monoisotopic (exact) mass is 222 g/mol. The van der Waals surface area contributed by atoms with Gasteiger partial charge >= 0.3 is 0 Å². The molecule has 1 aromatic rings. The Balaban J connectivity index is 1.74. The Bertz CT molecular complexity index is 303. The Morgan fingerprint density at radius 1 is 1.19 bits per heavy atom. The normalized spacial score (nSPS) is 18.2. The van der Waals surface area contributed by atoms with Crippen LogP contribution in [0.1, 0.15) is 19.8 Å². The fourth-order valence-electron chi connectivity index (χ4n) is 1.32. The molecule has 88 valence electrons. The molecule has 1 atom stereocenters. The van der Waals surface area contributed by atoms with Crippen LogP contribution in [0.4, 0.5) is 0 Å². The first-order valence-electron chi connectivity index (χ1n) is 5.85. The van der Waals surface area contributed by atoms with Gasteiger partial charge in [-0.3, -0.25) is 0 Å². The summed E-state index contributed by atoms with van der Waals surface area (Å²) < 4.78 is 16.2. The lowest BCUT2D eigenvalue weighted by Crippen LogP contribution is -2.03. The van der Waals surface area contributed by atoms with Crippen LogP contribution in [0.3, 0.4) is 0 Å². The Kier molecular flexibility index (Phi) is 4.05. The molecule has 0 radical (unpaired) electrons. The highest BCUT2D eigenvalue weighted by atomic mass is 16.6. The van der Waals surface area contributed by atoms with E-state index in [1.165, 1.54) is 0 Å². The van der Waals surface area contributed by atoms with Crippen molar-refractivity contribution >= 4 is 0 Å². The molecule has 3 nitrogen and oxygen atoms in total. The minimum Gasteiger partial charge on any atom is -0.494 e. The van der Waals surface area contributed by atoms with E-state index in [4.69, 9.17) is 14.2 Å². The summed E-state index contributed by atoms with van der Waals surface area (Å²) in [6.45, 7) is 4.42. The molecule has 1 aliphatic rings. The molecule has 2 rings (SSSR count). The Hall–Kier alpha value is -1.22. The van der Waals surface area contributed by atoms with E-state index >= 15 is 0 Å². The summed E-state index contributed by atoms with van der Waals surface area (Å²) in [5, 5.41) is 0. The molecule has 16 heavy (non-hydrogen) atoms. The first kappa shape index (κ1) is 11.3. The average molecular weight is 222 g/mol. The summed E-state index contributed by atoms with van der Waals surface area (Å²) in [7, 11) is 0. The van der Waals surface area contributed by atoms with Gasteiger partial charge in [0.15, 0.2) is 0 Å². The van der Waals surface area contributed by atoms with E-state index in [1.54, 1.807) is 0 Å². The molecule has 0 aromatic heterocycles. The van der Waals surface area contributed by atoms with Crippen LogP contribution in [0.25, 0.3) is 0 Å². The molecule has 0 aliphatic carbocycles. The molecule has 1 aliphatic heterocycles. The molecule has 1 aromatic carbocycles. The number of rotatable bonds is 7. The topological polar surface area (TPSA) is 31.0 Å². The van der Waals surface area contributed by atoms with Gasteiger partial charge in [-0.1, -0.05) is 13.3 Å². The molecule has 1 unspecified atom stereocenters. The van der Waals surface area contributed by atoms with E-state index in [-0.39, 0.29) is 0 Å². The lowest BCUT2D eigenvalue weighted by molar-refractivity contribution is 0.262. The van der Waals surface area contributed by atoms with Crippen LogP contribution in [-0.4, -0.2) is 25.9 Å². The van der Waals surface area contributed by atoms with Gasteiger partial charge in [-0.2, -0.15) is 0 Å². The molecule has 0 saturated carbocycles. The highest BCUT2D eigenvalue weighted by Gasteiger charge is 2.22. The van der Waals surface area contributed by atoms with Crippen molar-refractivity contribution in [1.82, 2.24) is 0 Å². The van der Waals surface area contributed by atoms with Gasteiger partial charge < -0.3 is 14.2 Å².